The zero-order chi connectivity index (χ0) is 19.6. The quantitative estimate of drug-likeness (QED) is 0.678. The molecular weight excluding hydrogens is 364 g/mol. The molecule has 150 valence electrons. The zero-order valence-electron chi connectivity index (χ0n) is 16.5. The minimum atomic E-state index is -0.146. The Balaban J connectivity index is 1.30. The van der Waals surface area contributed by atoms with E-state index >= 15 is 0 Å². The lowest BCUT2D eigenvalue weighted by atomic mass is 10.0. The number of fused-ring (bicyclic) bond motifs is 3. The average molecular weight is 390 g/mol. The molecule has 0 aromatic carbocycles. The normalized spacial score (nSPS) is 15.9. The van der Waals surface area contributed by atoms with E-state index in [1.807, 2.05) is 23.0 Å². The zero-order valence-corrected chi connectivity index (χ0v) is 16.5. The maximum Gasteiger partial charge on any atom is 0.259 e. The molecule has 2 N–H and O–H groups in total. The molecule has 1 saturated heterocycles. The monoisotopic (exact) mass is 390 g/mol. The van der Waals surface area contributed by atoms with Crippen molar-refractivity contribution in [2.45, 2.75) is 38.6 Å². The molecule has 1 fully saturated rings. The molecule has 0 saturated carbocycles. The fraction of sp³-hybridized carbons (Fsp3) is 0.409. The van der Waals surface area contributed by atoms with Gasteiger partial charge in [0, 0.05) is 42.5 Å². The predicted octanol–water partition coefficient (Wildman–Crippen LogP) is 3.11. The molecule has 1 aliphatic carbocycles. The highest BCUT2D eigenvalue weighted by atomic mass is 16.1. The Labute approximate surface area is 170 Å². The van der Waals surface area contributed by atoms with Crippen molar-refractivity contribution >= 4 is 11.7 Å². The van der Waals surface area contributed by atoms with Gasteiger partial charge < -0.3 is 15.2 Å². The van der Waals surface area contributed by atoms with E-state index in [1.54, 1.807) is 12.4 Å². The van der Waals surface area contributed by atoms with Crippen molar-refractivity contribution in [2.75, 3.05) is 25.0 Å². The van der Waals surface area contributed by atoms with Gasteiger partial charge in [0.2, 0.25) is 0 Å². The molecule has 29 heavy (non-hydrogen) atoms. The lowest BCUT2D eigenvalue weighted by Gasteiger charge is -2.30. The second-order valence-corrected chi connectivity index (χ2v) is 7.89. The number of likely N-dealkylation sites (tertiary alicyclic amines) is 1. The van der Waals surface area contributed by atoms with Crippen molar-refractivity contribution in [1.29, 1.82) is 0 Å². The molecule has 3 aromatic heterocycles. The number of rotatable bonds is 6. The van der Waals surface area contributed by atoms with Crippen LogP contribution in [0.4, 0.5) is 5.82 Å². The van der Waals surface area contributed by atoms with Crippen LogP contribution in [0.2, 0.25) is 0 Å². The van der Waals surface area contributed by atoms with Gasteiger partial charge in [0.25, 0.3) is 5.91 Å². The van der Waals surface area contributed by atoms with Crippen LogP contribution in [0.3, 0.4) is 0 Å². The van der Waals surface area contributed by atoms with Gasteiger partial charge in [0.05, 0.1) is 11.3 Å². The van der Waals surface area contributed by atoms with E-state index in [-0.39, 0.29) is 5.91 Å². The maximum absolute atomic E-state index is 13.0. The highest BCUT2D eigenvalue weighted by Gasteiger charge is 2.24. The van der Waals surface area contributed by atoms with Crippen molar-refractivity contribution in [3.05, 3.63) is 53.6 Å². The van der Waals surface area contributed by atoms with E-state index in [0.717, 1.165) is 55.7 Å². The molecule has 0 spiro atoms. The van der Waals surface area contributed by atoms with E-state index in [0.29, 0.717) is 11.4 Å². The molecule has 0 unspecified atom stereocenters. The number of nitrogens with one attached hydrogen (secondary N) is 2. The molecule has 4 heterocycles. The third-order valence-corrected chi connectivity index (χ3v) is 5.90. The first-order chi connectivity index (χ1) is 14.3. The molecule has 0 atom stereocenters. The Morgan fingerprint density at radius 2 is 2.10 bits per heavy atom. The number of carbonyl (C=O) groups excluding carboxylic acids is 1. The summed E-state index contributed by atoms with van der Waals surface area (Å²) in [4.78, 5) is 23.3. The second-order valence-electron chi connectivity index (χ2n) is 7.89. The van der Waals surface area contributed by atoms with Gasteiger partial charge in [-0.1, -0.05) is 6.07 Å². The first kappa shape index (κ1) is 18.1. The fourth-order valence-corrected chi connectivity index (χ4v) is 4.23. The number of H-pyrrole nitrogens is 1. The summed E-state index contributed by atoms with van der Waals surface area (Å²) in [7, 11) is 0. The van der Waals surface area contributed by atoms with Gasteiger partial charge in [-0.15, -0.1) is 0 Å². The standard InChI is InChI=1S/C22H26N6O/c29-22(25-19-8-14-28(26-19)13-4-12-27-10-3-11-27)17-15-24-18-7-1-5-16-6-2-9-23-21(16)20(17)18/h2,6,8-9,14-15,24H,1,3-5,7,10-13H2,(H,25,26,29). The minimum absolute atomic E-state index is 0.146. The SMILES string of the molecule is O=C(Nc1ccn(CCCN2CCC2)n1)c1c[nH]c2c1-c1ncccc1CCC2. The number of anilines is 1. The van der Waals surface area contributed by atoms with E-state index in [1.165, 1.54) is 25.1 Å². The lowest BCUT2D eigenvalue weighted by molar-refractivity contribution is 0.102. The molecule has 0 radical (unpaired) electrons. The van der Waals surface area contributed by atoms with Gasteiger partial charge >= 0.3 is 0 Å². The van der Waals surface area contributed by atoms with Crippen LogP contribution in [0.15, 0.2) is 36.8 Å². The summed E-state index contributed by atoms with van der Waals surface area (Å²) in [5.41, 5.74) is 4.78. The average Bonchev–Trinajstić information content (AvgIpc) is 3.27. The molecule has 1 aliphatic heterocycles. The largest absolute Gasteiger partial charge is 0.364 e. The number of aromatic nitrogens is 4. The number of hydrogen-bond acceptors (Lipinski definition) is 4. The summed E-state index contributed by atoms with van der Waals surface area (Å²) in [6.07, 6.45) is 10.9. The maximum atomic E-state index is 13.0. The minimum Gasteiger partial charge on any atom is -0.364 e. The first-order valence-electron chi connectivity index (χ1n) is 10.5. The number of aryl methyl sites for hydroxylation is 3. The van der Waals surface area contributed by atoms with E-state index in [2.05, 4.69) is 31.3 Å². The number of carbonyl (C=O) groups is 1. The summed E-state index contributed by atoms with van der Waals surface area (Å²) in [6.45, 7) is 4.42. The number of hydrogen-bond donors (Lipinski definition) is 2. The van der Waals surface area contributed by atoms with E-state index in [9.17, 15) is 4.79 Å². The van der Waals surface area contributed by atoms with Gasteiger partial charge in [0.1, 0.15) is 0 Å². The number of aromatic amines is 1. The summed E-state index contributed by atoms with van der Waals surface area (Å²) in [5, 5.41) is 7.47. The molecule has 5 rings (SSSR count). The van der Waals surface area contributed by atoms with Gasteiger partial charge in [-0.2, -0.15) is 5.10 Å². The van der Waals surface area contributed by atoms with Crippen molar-refractivity contribution in [2.24, 2.45) is 0 Å². The third-order valence-electron chi connectivity index (χ3n) is 5.90. The first-order valence-corrected chi connectivity index (χ1v) is 10.5. The Hall–Kier alpha value is -2.93. The van der Waals surface area contributed by atoms with Gasteiger partial charge in [-0.3, -0.25) is 14.5 Å². The fourth-order valence-electron chi connectivity index (χ4n) is 4.23. The predicted molar refractivity (Wildman–Crippen MR) is 112 cm³/mol. The van der Waals surface area contributed by atoms with Gasteiger partial charge in [-0.05, 0) is 63.4 Å². The molecule has 2 aliphatic rings. The van der Waals surface area contributed by atoms with Crippen LogP contribution in [0.5, 0.6) is 0 Å². The second kappa shape index (κ2) is 7.83. The highest BCUT2D eigenvalue weighted by Crippen LogP contribution is 2.33. The van der Waals surface area contributed by atoms with Crippen molar-refractivity contribution in [3.63, 3.8) is 0 Å². The molecule has 1 amide bonds. The number of amides is 1. The lowest BCUT2D eigenvalue weighted by Crippen LogP contribution is -2.38. The van der Waals surface area contributed by atoms with Crippen molar-refractivity contribution < 1.29 is 4.79 Å². The van der Waals surface area contributed by atoms with Gasteiger partial charge in [-0.25, -0.2) is 0 Å². The molecule has 7 heteroatoms. The van der Waals surface area contributed by atoms with Crippen LogP contribution in [0.1, 0.15) is 40.9 Å². The van der Waals surface area contributed by atoms with Gasteiger partial charge in [0.15, 0.2) is 5.82 Å². The Morgan fingerprint density at radius 1 is 1.17 bits per heavy atom. The summed E-state index contributed by atoms with van der Waals surface area (Å²) in [6, 6.07) is 5.93. The van der Waals surface area contributed by atoms with Crippen LogP contribution in [0, 0.1) is 0 Å². The smallest absolute Gasteiger partial charge is 0.259 e. The van der Waals surface area contributed by atoms with Crippen molar-refractivity contribution in [1.82, 2.24) is 24.6 Å². The van der Waals surface area contributed by atoms with E-state index in [4.69, 9.17) is 0 Å². The molecule has 7 nitrogen and oxygen atoms in total. The van der Waals surface area contributed by atoms with Crippen LogP contribution < -0.4 is 5.32 Å². The third kappa shape index (κ3) is 3.70. The molecular formula is C22H26N6O. The van der Waals surface area contributed by atoms with Crippen LogP contribution in [0.25, 0.3) is 11.3 Å². The van der Waals surface area contributed by atoms with Crippen molar-refractivity contribution in [3.8, 4) is 11.3 Å². The van der Waals surface area contributed by atoms with Crippen LogP contribution in [-0.4, -0.2) is 50.2 Å². The topological polar surface area (TPSA) is 78.8 Å². The summed E-state index contributed by atoms with van der Waals surface area (Å²) < 4.78 is 1.91. The molecule has 0 bridgehead atoms. The van der Waals surface area contributed by atoms with E-state index < -0.39 is 0 Å². The Morgan fingerprint density at radius 3 is 2.97 bits per heavy atom. The highest BCUT2D eigenvalue weighted by molar-refractivity contribution is 6.08. The van der Waals surface area contributed by atoms with Crippen LogP contribution >= 0.6 is 0 Å². The number of pyridine rings is 1. The Kier molecular flexibility index (Phi) is 4.89. The molecule has 3 aromatic rings. The summed E-state index contributed by atoms with van der Waals surface area (Å²) in [5.74, 6) is 0.440. The Bertz CT molecular complexity index is 1020. The van der Waals surface area contributed by atoms with Crippen LogP contribution in [-0.2, 0) is 19.4 Å². The number of nitrogens with zero attached hydrogens (tertiary/aromatic N) is 4. The summed E-state index contributed by atoms with van der Waals surface area (Å²) >= 11 is 0.